The Hall–Kier alpha value is -2.93. The first-order valence-electron chi connectivity index (χ1n) is 8.74. The van der Waals surface area contributed by atoms with Crippen LogP contribution in [0.1, 0.15) is 16.2 Å². The van der Waals surface area contributed by atoms with E-state index in [1.807, 2.05) is 28.7 Å². The Morgan fingerprint density at radius 2 is 1.85 bits per heavy atom. The number of hydrogen-bond acceptors (Lipinski definition) is 5. The number of benzene rings is 1. The summed E-state index contributed by atoms with van der Waals surface area (Å²) in [6.07, 6.45) is 5.29. The molecule has 8 heteroatoms. The van der Waals surface area contributed by atoms with Crippen LogP contribution in [0.3, 0.4) is 0 Å². The molecule has 0 saturated carbocycles. The van der Waals surface area contributed by atoms with Gasteiger partial charge in [0.05, 0.1) is 0 Å². The van der Waals surface area contributed by atoms with Crippen molar-refractivity contribution in [2.45, 2.75) is 6.92 Å². The average molecular weight is 383 g/mol. The summed E-state index contributed by atoms with van der Waals surface area (Å²) in [6, 6.07) is 9.02. The summed E-state index contributed by atoms with van der Waals surface area (Å²) in [6.45, 7) is 4.57. The fourth-order valence-electron chi connectivity index (χ4n) is 3.17. The number of amides is 1. The summed E-state index contributed by atoms with van der Waals surface area (Å²) < 4.78 is 1.86. The van der Waals surface area contributed by atoms with E-state index in [2.05, 4.69) is 19.9 Å². The van der Waals surface area contributed by atoms with Gasteiger partial charge in [-0.15, -0.1) is 0 Å². The number of anilines is 1. The highest BCUT2D eigenvalue weighted by atomic mass is 35.5. The Morgan fingerprint density at radius 1 is 1.07 bits per heavy atom. The second kappa shape index (κ2) is 7.36. The van der Waals surface area contributed by atoms with E-state index in [1.165, 1.54) is 0 Å². The number of carbonyl (C=O) groups excluding carboxylic acids is 1. The molecule has 0 atom stereocenters. The van der Waals surface area contributed by atoms with E-state index in [4.69, 9.17) is 11.6 Å². The molecule has 1 fully saturated rings. The zero-order chi connectivity index (χ0) is 18.8. The smallest absolute Gasteiger partial charge is 0.254 e. The number of nitrogens with zero attached hydrogens (tertiary/aromatic N) is 6. The number of carbonyl (C=O) groups is 1. The topological polar surface area (TPSA) is 67.2 Å². The molecular formula is C19H19ClN6O. The molecule has 0 radical (unpaired) electrons. The van der Waals surface area contributed by atoms with Crippen molar-refractivity contribution in [1.29, 1.82) is 0 Å². The second-order valence-corrected chi connectivity index (χ2v) is 6.83. The number of piperazine rings is 1. The van der Waals surface area contributed by atoms with E-state index in [-0.39, 0.29) is 5.91 Å². The maximum atomic E-state index is 12.7. The standard InChI is InChI=1S/C19H19ClN6O/c1-14-22-17(12-18(23-14)26-6-5-21-13-26)24-7-9-25(10-8-24)19(27)15-3-2-4-16(20)11-15/h2-6,11-13H,7-10H2,1H3. The molecule has 0 spiro atoms. The van der Waals surface area contributed by atoms with Gasteiger partial charge in [0.15, 0.2) is 0 Å². The minimum atomic E-state index is 0.00937. The fourth-order valence-corrected chi connectivity index (χ4v) is 3.36. The third-order valence-corrected chi connectivity index (χ3v) is 4.78. The first kappa shape index (κ1) is 17.5. The average Bonchev–Trinajstić information content (AvgIpc) is 3.22. The van der Waals surface area contributed by atoms with Gasteiger partial charge in [0, 0.05) is 55.2 Å². The lowest BCUT2D eigenvalue weighted by molar-refractivity contribution is 0.0746. The van der Waals surface area contributed by atoms with Crippen molar-refractivity contribution in [1.82, 2.24) is 24.4 Å². The number of rotatable bonds is 3. The molecule has 4 rings (SSSR count). The molecule has 0 unspecified atom stereocenters. The molecule has 138 valence electrons. The van der Waals surface area contributed by atoms with E-state index in [0.717, 1.165) is 11.6 Å². The summed E-state index contributed by atoms with van der Waals surface area (Å²) in [5, 5.41) is 0.572. The Bertz CT molecular complexity index is 951. The van der Waals surface area contributed by atoms with Crippen molar-refractivity contribution >= 4 is 23.3 Å². The highest BCUT2D eigenvalue weighted by Crippen LogP contribution is 2.19. The first-order chi connectivity index (χ1) is 13.1. The van der Waals surface area contributed by atoms with E-state index < -0.39 is 0 Å². The molecular weight excluding hydrogens is 364 g/mol. The van der Waals surface area contributed by atoms with Gasteiger partial charge in [0.1, 0.15) is 23.8 Å². The first-order valence-corrected chi connectivity index (χ1v) is 9.12. The van der Waals surface area contributed by atoms with E-state index in [1.54, 1.807) is 36.8 Å². The number of imidazole rings is 1. The molecule has 1 saturated heterocycles. The Balaban J connectivity index is 1.47. The quantitative estimate of drug-likeness (QED) is 0.696. The van der Waals surface area contributed by atoms with Gasteiger partial charge in [-0.3, -0.25) is 9.36 Å². The summed E-state index contributed by atoms with van der Waals surface area (Å²) in [5.74, 6) is 2.36. The van der Waals surface area contributed by atoms with Crippen LogP contribution in [-0.4, -0.2) is 56.5 Å². The molecule has 3 heterocycles. The minimum Gasteiger partial charge on any atom is -0.353 e. The van der Waals surface area contributed by atoms with E-state index in [0.29, 0.717) is 42.6 Å². The number of hydrogen-bond donors (Lipinski definition) is 0. The lowest BCUT2D eigenvalue weighted by Crippen LogP contribution is -2.49. The molecule has 1 amide bonds. The van der Waals surface area contributed by atoms with Crippen molar-refractivity contribution < 1.29 is 4.79 Å². The monoisotopic (exact) mass is 382 g/mol. The predicted molar refractivity (Wildman–Crippen MR) is 103 cm³/mol. The lowest BCUT2D eigenvalue weighted by Gasteiger charge is -2.35. The molecule has 3 aromatic rings. The van der Waals surface area contributed by atoms with Crippen LogP contribution in [0.15, 0.2) is 49.1 Å². The summed E-state index contributed by atoms with van der Waals surface area (Å²) in [4.78, 5) is 29.8. The molecule has 1 aromatic carbocycles. The van der Waals surface area contributed by atoms with Gasteiger partial charge in [-0.25, -0.2) is 15.0 Å². The van der Waals surface area contributed by atoms with E-state index in [9.17, 15) is 4.79 Å². The molecule has 0 bridgehead atoms. The van der Waals surface area contributed by atoms with Gasteiger partial charge in [-0.2, -0.15) is 0 Å². The van der Waals surface area contributed by atoms with Crippen LogP contribution >= 0.6 is 11.6 Å². The highest BCUT2D eigenvalue weighted by Gasteiger charge is 2.23. The summed E-state index contributed by atoms with van der Waals surface area (Å²) >= 11 is 6.00. The maximum absolute atomic E-state index is 12.7. The largest absolute Gasteiger partial charge is 0.353 e. The maximum Gasteiger partial charge on any atom is 0.254 e. The number of halogens is 1. The summed E-state index contributed by atoms with van der Waals surface area (Å²) in [5.41, 5.74) is 0.622. The van der Waals surface area contributed by atoms with Crippen molar-refractivity contribution in [2.75, 3.05) is 31.1 Å². The Kier molecular flexibility index (Phi) is 4.77. The van der Waals surface area contributed by atoms with Crippen LogP contribution in [-0.2, 0) is 0 Å². The molecule has 0 N–H and O–H groups in total. The Labute approximate surface area is 162 Å². The van der Waals surface area contributed by atoms with Crippen molar-refractivity contribution in [3.8, 4) is 5.82 Å². The number of aromatic nitrogens is 4. The van der Waals surface area contributed by atoms with Gasteiger partial charge < -0.3 is 9.80 Å². The predicted octanol–water partition coefficient (Wildman–Crippen LogP) is 2.59. The second-order valence-electron chi connectivity index (χ2n) is 6.39. The minimum absolute atomic E-state index is 0.00937. The third kappa shape index (κ3) is 3.78. The zero-order valence-corrected chi connectivity index (χ0v) is 15.7. The molecule has 27 heavy (non-hydrogen) atoms. The molecule has 2 aromatic heterocycles. The number of aryl methyl sites for hydroxylation is 1. The zero-order valence-electron chi connectivity index (χ0n) is 14.9. The van der Waals surface area contributed by atoms with E-state index >= 15 is 0 Å². The molecule has 1 aliphatic rings. The third-order valence-electron chi connectivity index (χ3n) is 4.54. The normalized spacial score (nSPS) is 14.4. The van der Waals surface area contributed by atoms with Gasteiger partial charge in [-0.05, 0) is 25.1 Å². The molecule has 7 nitrogen and oxygen atoms in total. The van der Waals surface area contributed by atoms with Crippen LogP contribution < -0.4 is 4.90 Å². The van der Waals surface area contributed by atoms with Crippen LogP contribution in [0.25, 0.3) is 5.82 Å². The lowest BCUT2D eigenvalue weighted by atomic mass is 10.2. The molecule has 1 aliphatic heterocycles. The molecule has 0 aliphatic carbocycles. The Morgan fingerprint density at radius 3 is 2.56 bits per heavy atom. The van der Waals surface area contributed by atoms with Crippen LogP contribution in [0, 0.1) is 6.92 Å². The van der Waals surface area contributed by atoms with Crippen LogP contribution in [0.2, 0.25) is 5.02 Å². The van der Waals surface area contributed by atoms with Crippen LogP contribution in [0.5, 0.6) is 0 Å². The van der Waals surface area contributed by atoms with Crippen molar-refractivity contribution in [3.63, 3.8) is 0 Å². The van der Waals surface area contributed by atoms with Crippen LogP contribution in [0.4, 0.5) is 5.82 Å². The fraction of sp³-hybridized carbons (Fsp3) is 0.263. The van der Waals surface area contributed by atoms with Gasteiger partial charge in [0.2, 0.25) is 0 Å². The van der Waals surface area contributed by atoms with Gasteiger partial charge in [0.25, 0.3) is 5.91 Å². The van der Waals surface area contributed by atoms with Crippen molar-refractivity contribution in [2.24, 2.45) is 0 Å². The van der Waals surface area contributed by atoms with Gasteiger partial charge in [-0.1, -0.05) is 17.7 Å². The van der Waals surface area contributed by atoms with Gasteiger partial charge >= 0.3 is 0 Å². The van der Waals surface area contributed by atoms with Crippen molar-refractivity contribution in [3.05, 3.63) is 65.5 Å². The SMILES string of the molecule is Cc1nc(N2CCN(C(=O)c3cccc(Cl)c3)CC2)cc(-n2ccnc2)n1. The highest BCUT2D eigenvalue weighted by molar-refractivity contribution is 6.30. The summed E-state index contributed by atoms with van der Waals surface area (Å²) in [7, 11) is 0.